The minimum absolute atomic E-state index is 0.0796. The Labute approximate surface area is 338 Å². The molecule has 2 aliphatic heterocycles. The minimum Gasteiger partial charge on any atom is -0.481 e. The summed E-state index contributed by atoms with van der Waals surface area (Å²) >= 11 is 13.8. The highest BCUT2D eigenvalue weighted by molar-refractivity contribution is 7.90. The predicted octanol–water partition coefficient (Wildman–Crippen LogP) is 5.67. The van der Waals surface area contributed by atoms with Gasteiger partial charge in [0.1, 0.15) is 11.1 Å². The molecule has 4 heterocycles. The molecule has 3 N–H and O–H groups in total. The lowest BCUT2D eigenvalue weighted by Crippen LogP contribution is -2.54. The van der Waals surface area contributed by atoms with Crippen molar-refractivity contribution in [3.05, 3.63) is 86.9 Å². The molecule has 7 rings (SSSR count). The number of sulfonamides is 1. The number of ether oxygens (including phenoxy) is 3. The summed E-state index contributed by atoms with van der Waals surface area (Å²) in [6, 6.07) is 17.5. The zero-order valence-electron chi connectivity index (χ0n) is 31.0. The SMILES string of the molecule is COc1nc(-c2cccc(-c3cccc4c3CC[C@@H]4Oc3nc(OC)c(CN4CC(C(=O)NS(=O)(=O)C(F)F)C4)cc3Cl)c2Cl)ccc1CNC[C@@H]1CCC(=O)N1. The van der Waals surface area contributed by atoms with Crippen LogP contribution in [0, 0.1) is 5.92 Å². The van der Waals surface area contributed by atoms with Crippen LogP contribution in [0.25, 0.3) is 22.4 Å². The van der Waals surface area contributed by atoms with E-state index in [-0.39, 0.29) is 54.5 Å². The summed E-state index contributed by atoms with van der Waals surface area (Å²) in [6.07, 6.45) is 2.37. The number of hydrogen-bond acceptors (Lipinski definition) is 11. The van der Waals surface area contributed by atoms with Crippen molar-refractivity contribution in [1.82, 2.24) is 30.2 Å². The van der Waals surface area contributed by atoms with E-state index in [1.54, 1.807) is 13.2 Å². The summed E-state index contributed by atoms with van der Waals surface area (Å²) in [7, 11) is -1.98. The molecule has 18 heteroatoms. The quantitative estimate of drug-likeness (QED) is 0.135. The van der Waals surface area contributed by atoms with Crippen LogP contribution in [0.2, 0.25) is 10.0 Å². The molecule has 2 aromatic heterocycles. The van der Waals surface area contributed by atoms with Crippen molar-refractivity contribution in [2.45, 2.75) is 56.7 Å². The van der Waals surface area contributed by atoms with Crippen molar-refractivity contribution < 1.29 is 41.0 Å². The number of rotatable bonds is 15. The van der Waals surface area contributed by atoms with Crippen LogP contribution < -0.4 is 29.6 Å². The van der Waals surface area contributed by atoms with Gasteiger partial charge in [0.15, 0.2) is 0 Å². The largest absolute Gasteiger partial charge is 0.481 e. The second-order valence-electron chi connectivity index (χ2n) is 14.1. The summed E-state index contributed by atoms with van der Waals surface area (Å²) < 4.78 is 67.1. The zero-order valence-corrected chi connectivity index (χ0v) is 33.3. The summed E-state index contributed by atoms with van der Waals surface area (Å²) in [6.45, 7) is 1.75. The maximum Gasteiger partial charge on any atom is 0.355 e. The molecule has 2 saturated heterocycles. The van der Waals surface area contributed by atoms with Crippen molar-refractivity contribution in [3.63, 3.8) is 0 Å². The van der Waals surface area contributed by atoms with E-state index in [2.05, 4.69) is 15.6 Å². The number of nitrogens with one attached hydrogen (secondary N) is 3. The first-order valence-electron chi connectivity index (χ1n) is 18.3. The smallest absolute Gasteiger partial charge is 0.355 e. The van der Waals surface area contributed by atoms with Crippen molar-refractivity contribution in [1.29, 1.82) is 0 Å². The first-order valence-corrected chi connectivity index (χ1v) is 20.6. The van der Waals surface area contributed by atoms with E-state index in [1.165, 1.54) is 11.8 Å². The molecule has 0 saturated carbocycles. The Hall–Kier alpha value is -4.61. The van der Waals surface area contributed by atoms with Gasteiger partial charge in [-0.3, -0.25) is 14.5 Å². The second kappa shape index (κ2) is 17.1. The average molecular weight is 846 g/mol. The van der Waals surface area contributed by atoms with E-state index in [0.29, 0.717) is 54.5 Å². The minimum atomic E-state index is -5.02. The molecule has 0 radical (unpaired) electrons. The first-order chi connectivity index (χ1) is 27.3. The summed E-state index contributed by atoms with van der Waals surface area (Å²) in [5.74, 6) is -4.43. The molecular formula is C39H40Cl2F2N6O7S. The van der Waals surface area contributed by atoms with E-state index >= 15 is 0 Å². The van der Waals surface area contributed by atoms with E-state index in [0.717, 1.165) is 39.8 Å². The monoisotopic (exact) mass is 844 g/mol. The number of likely N-dealkylation sites (tertiary alicyclic amines) is 1. The topological polar surface area (TPSA) is 161 Å². The second-order valence-corrected chi connectivity index (χ2v) is 16.5. The Kier molecular flexibility index (Phi) is 12.2. The van der Waals surface area contributed by atoms with E-state index < -0.39 is 27.6 Å². The van der Waals surface area contributed by atoms with Crippen molar-refractivity contribution >= 4 is 45.0 Å². The van der Waals surface area contributed by atoms with Gasteiger partial charge in [0.25, 0.3) is 10.0 Å². The fourth-order valence-corrected chi connectivity index (χ4v) is 8.53. The van der Waals surface area contributed by atoms with Gasteiger partial charge >= 0.3 is 5.76 Å². The van der Waals surface area contributed by atoms with Crippen LogP contribution in [0.1, 0.15) is 47.6 Å². The summed E-state index contributed by atoms with van der Waals surface area (Å²) in [5, 5.41) is 7.14. The highest BCUT2D eigenvalue weighted by atomic mass is 35.5. The Bertz CT molecular complexity index is 2300. The van der Waals surface area contributed by atoms with Crippen molar-refractivity contribution in [2.24, 2.45) is 5.92 Å². The lowest BCUT2D eigenvalue weighted by atomic mass is 9.94. The molecule has 2 amide bonds. The fraction of sp³-hybridized carbons (Fsp3) is 0.385. The molecule has 57 heavy (non-hydrogen) atoms. The molecule has 4 aromatic rings. The number of carbonyl (C=O) groups excluding carboxylic acids is 2. The Morgan fingerprint density at radius 3 is 2.39 bits per heavy atom. The molecule has 0 spiro atoms. The van der Waals surface area contributed by atoms with Gasteiger partial charge in [-0.25, -0.2) is 18.1 Å². The fourth-order valence-electron chi connectivity index (χ4n) is 7.45. The van der Waals surface area contributed by atoms with Crippen LogP contribution in [0.4, 0.5) is 8.78 Å². The molecular weight excluding hydrogens is 805 g/mol. The third kappa shape index (κ3) is 8.79. The molecule has 2 atom stereocenters. The molecule has 2 aromatic carbocycles. The van der Waals surface area contributed by atoms with Gasteiger partial charge in [-0.1, -0.05) is 65.7 Å². The van der Waals surface area contributed by atoms with E-state index in [4.69, 9.17) is 42.4 Å². The van der Waals surface area contributed by atoms with Crippen LogP contribution in [-0.4, -0.2) is 80.8 Å². The van der Waals surface area contributed by atoms with Gasteiger partial charge in [-0.05, 0) is 48.1 Å². The number of nitrogens with zero attached hydrogens (tertiary/aromatic N) is 3. The third-order valence-corrected chi connectivity index (χ3v) is 12.0. The van der Waals surface area contributed by atoms with Crippen molar-refractivity contribution in [2.75, 3.05) is 33.9 Å². The molecule has 13 nitrogen and oxygen atoms in total. The summed E-state index contributed by atoms with van der Waals surface area (Å²) in [5.41, 5.74) is 6.78. The van der Waals surface area contributed by atoms with Gasteiger partial charge in [-0.15, -0.1) is 0 Å². The lowest BCUT2D eigenvalue weighted by molar-refractivity contribution is -0.128. The molecule has 2 fully saturated rings. The number of pyridine rings is 2. The van der Waals surface area contributed by atoms with Crippen LogP contribution in [0.5, 0.6) is 17.6 Å². The Morgan fingerprint density at radius 2 is 1.67 bits per heavy atom. The predicted molar refractivity (Wildman–Crippen MR) is 209 cm³/mol. The number of benzene rings is 2. The highest BCUT2D eigenvalue weighted by Gasteiger charge is 2.37. The Morgan fingerprint density at radius 1 is 0.947 bits per heavy atom. The van der Waals surface area contributed by atoms with Gasteiger partial charge in [0.2, 0.25) is 29.5 Å². The Balaban J connectivity index is 1.03. The third-order valence-electron chi connectivity index (χ3n) is 10.3. The van der Waals surface area contributed by atoms with Gasteiger partial charge in [0, 0.05) is 67.4 Å². The van der Waals surface area contributed by atoms with Gasteiger partial charge < -0.3 is 24.8 Å². The van der Waals surface area contributed by atoms with Crippen LogP contribution in [0.15, 0.2) is 54.6 Å². The zero-order chi connectivity index (χ0) is 40.4. The number of carbonyl (C=O) groups is 2. The van der Waals surface area contributed by atoms with Crippen LogP contribution in [-0.2, 0) is 39.1 Å². The number of halogens is 4. The van der Waals surface area contributed by atoms with E-state index in [1.807, 2.05) is 53.4 Å². The van der Waals surface area contributed by atoms with Gasteiger partial charge in [-0.2, -0.15) is 13.8 Å². The molecule has 0 unspecified atom stereocenters. The summed E-state index contributed by atoms with van der Waals surface area (Å²) in [4.78, 5) is 34.9. The average Bonchev–Trinajstić information content (AvgIpc) is 3.79. The molecule has 3 aliphatic rings. The standard InChI is InChI=1S/C39H40Cl2F2N6O7S/c1-54-36-21(16-44-17-24-10-14-33(50)45-24)9-12-31(46-36)29-8-4-7-28(34(29)41)25-5-3-6-27-26(25)11-13-32(27)56-38-30(40)15-22(37(47-38)55-2)18-49-19-23(20-49)35(51)48-57(52,53)39(42)43/h3-9,12,15,23-24,32,39,44H,10-11,13-14,16-20H2,1-2H3,(H,45,50)(H,48,51)/t24-,32-/m0/s1. The van der Waals surface area contributed by atoms with Gasteiger partial charge in [0.05, 0.1) is 30.9 Å². The number of amides is 2. The number of methoxy groups -OCH3 is 2. The lowest BCUT2D eigenvalue weighted by Gasteiger charge is -2.38. The van der Waals surface area contributed by atoms with E-state index in [9.17, 15) is 26.8 Å². The number of hydrogen-bond donors (Lipinski definition) is 3. The van der Waals surface area contributed by atoms with Crippen LogP contribution >= 0.6 is 23.2 Å². The molecule has 302 valence electrons. The molecule has 1 aliphatic carbocycles. The number of alkyl halides is 2. The van der Waals surface area contributed by atoms with Crippen LogP contribution in [0.3, 0.4) is 0 Å². The normalized spacial score (nSPS) is 18.3. The molecule has 0 bridgehead atoms. The first kappa shape index (κ1) is 40.6. The highest BCUT2D eigenvalue weighted by Crippen LogP contribution is 2.45. The number of aromatic nitrogens is 2. The maximum atomic E-state index is 12.7. The maximum absolute atomic E-state index is 12.7. The number of fused-ring (bicyclic) bond motifs is 1. The van der Waals surface area contributed by atoms with Crippen molar-refractivity contribution in [3.8, 4) is 40.0 Å².